The number of phosphoric ester groups is 1. The molecule has 13 nitrogen and oxygen atoms in total. The van der Waals surface area contributed by atoms with Crippen LogP contribution in [0.3, 0.4) is 0 Å². The molecule has 1 aliphatic rings. The third-order valence-corrected chi connectivity index (χ3v) is 12.4. The van der Waals surface area contributed by atoms with E-state index in [1.165, 1.54) is 128 Å². The molecule has 0 aromatic rings. The van der Waals surface area contributed by atoms with Gasteiger partial charge in [0.1, 0.15) is 36.6 Å². The molecule has 1 aliphatic carbocycles. The predicted molar refractivity (Wildman–Crippen MR) is 229 cm³/mol. The molecular formula is C44H86NO12P. The van der Waals surface area contributed by atoms with Gasteiger partial charge in [-0.25, -0.2) is 4.57 Å². The molecule has 0 spiro atoms. The summed E-state index contributed by atoms with van der Waals surface area (Å²) in [7, 11) is -5.13. The molecule has 0 aromatic carbocycles. The van der Waals surface area contributed by atoms with Gasteiger partial charge < -0.3 is 46.0 Å². The van der Waals surface area contributed by atoms with Gasteiger partial charge in [-0.1, -0.05) is 187 Å². The van der Waals surface area contributed by atoms with Crippen molar-refractivity contribution in [2.75, 3.05) is 6.61 Å². The molecule has 14 heteroatoms. The van der Waals surface area contributed by atoms with E-state index in [2.05, 4.69) is 19.2 Å². The highest BCUT2D eigenvalue weighted by Gasteiger charge is 2.51. The van der Waals surface area contributed by atoms with Crippen LogP contribution in [0.2, 0.25) is 0 Å². The Morgan fingerprint density at radius 2 is 0.983 bits per heavy atom. The lowest BCUT2D eigenvalue weighted by atomic mass is 9.85. The zero-order chi connectivity index (χ0) is 43.0. The van der Waals surface area contributed by atoms with Gasteiger partial charge in [0.2, 0.25) is 5.91 Å². The predicted octanol–water partition coefficient (Wildman–Crippen LogP) is 7.42. The molecule has 9 N–H and O–H groups in total. The molecule has 344 valence electrons. The Hall–Kier alpha value is -0.960. The number of phosphoric acid groups is 1. The summed E-state index contributed by atoms with van der Waals surface area (Å²) in [6.45, 7) is 3.73. The first-order valence-electron chi connectivity index (χ1n) is 23.2. The van der Waals surface area contributed by atoms with E-state index >= 15 is 0 Å². The van der Waals surface area contributed by atoms with Crippen molar-refractivity contribution in [1.82, 2.24) is 5.32 Å². The molecule has 8 unspecified atom stereocenters. The van der Waals surface area contributed by atoms with Gasteiger partial charge in [-0.3, -0.25) is 13.8 Å². The standard InChI is InChI=1S/C44H86NO12P/c1-3-5-7-9-11-13-15-17-18-19-20-22-24-26-28-30-32-37(47)36(34-56-58(54,55)57-44-42(52)40(50)39(49)41(51)43(44)53)45-38(48)33-35(46)31-29-27-25-23-21-16-14-12-10-8-6-4-2/h30,32,35-37,39-44,46-47,49-53H,3-29,31,33-34H2,1-2H3,(H,45,48)(H,54,55)/b32-30+. The van der Waals surface area contributed by atoms with Crippen molar-refractivity contribution in [3.8, 4) is 0 Å². The minimum Gasteiger partial charge on any atom is -0.393 e. The molecule has 0 aliphatic heterocycles. The molecule has 1 rings (SSSR count). The van der Waals surface area contributed by atoms with Gasteiger partial charge in [0, 0.05) is 0 Å². The number of nitrogens with one attached hydrogen (secondary N) is 1. The molecule has 0 saturated heterocycles. The molecule has 1 amide bonds. The molecule has 0 aromatic heterocycles. The van der Waals surface area contributed by atoms with E-state index in [4.69, 9.17) is 9.05 Å². The van der Waals surface area contributed by atoms with Crippen LogP contribution in [-0.2, 0) is 18.4 Å². The molecule has 8 atom stereocenters. The van der Waals surface area contributed by atoms with Gasteiger partial charge in [-0.15, -0.1) is 0 Å². The van der Waals surface area contributed by atoms with Crippen LogP contribution in [0, 0.1) is 0 Å². The normalized spacial score (nSPS) is 23.8. The average Bonchev–Trinajstić information content (AvgIpc) is 3.19. The fourth-order valence-corrected chi connectivity index (χ4v) is 8.50. The number of hydrogen-bond donors (Lipinski definition) is 9. The van der Waals surface area contributed by atoms with Gasteiger partial charge in [0.15, 0.2) is 0 Å². The summed E-state index contributed by atoms with van der Waals surface area (Å²) >= 11 is 0. The van der Waals surface area contributed by atoms with Crippen LogP contribution in [0.25, 0.3) is 0 Å². The number of aliphatic hydroxyl groups is 7. The first-order chi connectivity index (χ1) is 27.8. The summed E-state index contributed by atoms with van der Waals surface area (Å²) in [4.78, 5) is 23.4. The number of aliphatic hydroxyl groups excluding tert-OH is 7. The molecule has 1 fully saturated rings. The highest BCUT2D eigenvalue weighted by atomic mass is 31.2. The number of allylic oxidation sites excluding steroid dienone is 1. The van der Waals surface area contributed by atoms with E-state index in [9.17, 15) is 50.0 Å². The Bertz CT molecular complexity index is 1050. The van der Waals surface area contributed by atoms with Gasteiger partial charge in [-0.2, -0.15) is 0 Å². The van der Waals surface area contributed by atoms with Crippen molar-refractivity contribution in [3.05, 3.63) is 12.2 Å². The topological polar surface area (TPSA) is 226 Å². The van der Waals surface area contributed by atoms with Crippen LogP contribution in [0.4, 0.5) is 0 Å². The molecule has 1 saturated carbocycles. The number of rotatable bonds is 38. The monoisotopic (exact) mass is 852 g/mol. The van der Waals surface area contributed by atoms with E-state index in [1.54, 1.807) is 6.08 Å². The molecule has 58 heavy (non-hydrogen) atoms. The van der Waals surface area contributed by atoms with Crippen LogP contribution < -0.4 is 5.32 Å². The van der Waals surface area contributed by atoms with Crippen molar-refractivity contribution in [1.29, 1.82) is 0 Å². The Morgan fingerprint density at radius 1 is 0.603 bits per heavy atom. The fraction of sp³-hybridized carbons (Fsp3) is 0.932. The smallest absolute Gasteiger partial charge is 0.393 e. The zero-order valence-corrected chi connectivity index (χ0v) is 37.1. The summed E-state index contributed by atoms with van der Waals surface area (Å²) in [6, 6.07) is -1.23. The Kier molecular flexibility index (Phi) is 32.9. The largest absolute Gasteiger partial charge is 0.472 e. The highest BCUT2D eigenvalue weighted by molar-refractivity contribution is 7.47. The maximum absolute atomic E-state index is 13.0. The minimum atomic E-state index is -5.13. The van der Waals surface area contributed by atoms with Gasteiger partial charge in [0.05, 0.1) is 31.3 Å². The van der Waals surface area contributed by atoms with Crippen LogP contribution in [0.5, 0.6) is 0 Å². The van der Waals surface area contributed by atoms with Gasteiger partial charge >= 0.3 is 7.82 Å². The van der Waals surface area contributed by atoms with E-state index in [0.29, 0.717) is 12.8 Å². The maximum atomic E-state index is 13.0. The number of hydrogen-bond acceptors (Lipinski definition) is 11. The molecule has 0 bridgehead atoms. The van der Waals surface area contributed by atoms with Crippen molar-refractivity contribution in [3.63, 3.8) is 0 Å². The van der Waals surface area contributed by atoms with Crippen LogP contribution >= 0.6 is 7.82 Å². The number of carbonyl (C=O) groups excluding carboxylic acids is 1. The summed E-state index contributed by atoms with van der Waals surface area (Å²) in [5.74, 6) is -0.591. The van der Waals surface area contributed by atoms with Crippen LogP contribution in [0.15, 0.2) is 12.2 Å². The lowest BCUT2D eigenvalue weighted by Gasteiger charge is -2.41. The number of unbranched alkanes of at least 4 members (excludes halogenated alkanes) is 25. The third kappa shape index (κ3) is 26.4. The van der Waals surface area contributed by atoms with Crippen molar-refractivity contribution >= 4 is 13.7 Å². The second-order valence-corrected chi connectivity index (χ2v) is 18.2. The number of carbonyl (C=O) groups is 1. The Balaban J connectivity index is 2.56. The van der Waals surface area contributed by atoms with Crippen molar-refractivity contribution in [2.45, 2.75) is 255 Å². The number of amides is 1. The van der Waals surface area contributed by atoms with Crippen molar-refractivity contribution < 1.29 is 59.0 Å². The lowest BCUT2D eigenvalue weighted by molar-refractivity contribution is -0.220. The summed E-state index contributed by atoms with van der Waals surface area (Å²) in [5, 5.41) is 74.4. The van der Waals surface area contributed by atoms with E-state index in [0.717, 1.165) is 44.9 Å². The average molecular weight is 852 g/mol. The van der Waals surface area contributed by atoms with Crippen LogP contribution in [0.1, 0.15) is 200 Å². The molecular weight excluding hydrogens is 765 g/mol. The van der Waals surface area contributed by atoms with Crippen molar-refractivity contribution in [2.24, 2.45) is 0 Å². The second-order valence-electron chi connectivity index (χ2n) is 16.8. The van der Waals surface area contributed by atoms with Crippen LogP contribution in [-0.4, -0.2) is 108 Å². The maximum Gasteiger partial charge on any atom is 0.472 e. The summed E-state index contributed by atoms with van der Waals surface area (Å²) in [5.41, 5.74) is 0. The highest BCUT2D eigenvalue weighted by Crippen LogP contribution is 2.47. The van der Waals surface area contributed by atoms with E-state index in [1.807, 2.05) is 0 Å². The van der Waals surface area contributed by atoms with E-state index in [-0.39, 0.29) is 6.42 Å². The molecule has 0 radical (unpaired) electrons. The Morgan fingerprint density at radius 3 is 1.41 bits per heavy atom. The Labute approximate surface area is 351 Å². The SMILES string of the molecule is CCCCCCCCCCCCCCCC/C=C/C(O)C(COP(=O)(O)OC1C(O)C(O)C(O)C(O)C1O)NC(=O)CC(O)CCCCCCCCCCCCCC. The minimum absolute atomic E-state index is 0.240. The fourth-order valence-electron chi connectivity index (χ4n) is 7.54. The molecule has 0 heterocycles. The quantitative estimate of drug-likeness (QED) is 0.0168. The third-order valence-electron chi connectivity index (χ3n) is 11.4. The summed E-state index contributed by atoms with van der Waals surface area (Å²) in [6.07, 6.45) is 21.6. The first kappa shape index (κ1) is 55.1. The van der Waals surface area contributed by atoms with Gasteiger partial charge in [0.25, 0.3) is 0 Å². The second kappa shape index (κ2) is 34.6. The van der Waals surface area contributed by atoms with E-state index < -0.39 is 75.2 Å². The zero-order valence-electron chi connectivity index (χ0n) is 36.2. The summed E-state index contributed by atoms with van der Waals surface area (Å²) < 4.78 is 22.8. The van der Waals surface area contributed by atoms with Gasteiger partial charge in [-0.05, 0) is 19.3 Å². The lowest BCUT2D eigenvalue weighted by Crippen LogP contribution is -2.64. The first-order valence-corrected chi connectivity index (χ1v) is 24.7.